The van der Waals surface area contributed by atoms with Crippen molar-refractivity contribution >= 4 is 60.9 Å². The zero-order valence-corrected chi connectivity index (χ0v) is 28.0. The molecule has 244 valence electrons. The highest BCUT2D eigenvalue weighted by Gasteiger charge is 2.15. The van der Waals surface area contributed by atoms with Gasteiger partial charge in [0.2, 0.25) is 5.71 Å². The monoisotopic (exact) mass is 666 g/mol. The molecule has 52 heavy (non-hydrogen) atoms. The molecule has 0 aliphatic carbocycles. The lowest BCUT2D eigenvalue weighted by Gasteiger charge is -2.26. The van der Waals surface area contributed by atoms with Crippen LogP contribution in [-0.4, -0.2) is 15.0 Å². The molecule has 5 nitrogen and oxygen atoms in total. The highest BCUT2D eigenvalue weighted by atomic mass is 16.3. The molecule has 0 radical (unpaired) electrons. The Labute approximate surface area is 300 Å². The highest BCUT2D eigenvalue weighted by molar-refractivity contribution is 6.04. The Bertz CT molecular complexity index is 2770. The highest BCUT2D eigenvalue weighted by Crippen LogP contribution is 2.39. The second-order valence-electron chi connectivity index (χ2n) is 13.0. The average molecular weight is 667 g/mol. The zero-order chi connectivity index (χ0) is 34.4. The van der Waals surface area contributed by atoms with E-state index in [1.54, 1.807) is 0 Å². The van der Waals surface area contributed by atoms with Crippen LogP contribution in [0, 0.1) is 0 Å². The van der Waals surface area contributed by atoms with Gasteiger partial charge in [0, 0.05) is 62.8 Å². The van der Waals surface area contributed by atoms with Crippen molar-refractivity contribution in [1.29, 1.82) is 0 Å². The number of nitrogens with zero attached hydrogens (tertiary/aromatic N) is 4. The fourth-order valence-electron chi connectivity index (χ4n) is 7.11. The van der Waals surface area contributed by atoms with Crippen molar-refractivity contribution in [2.24, 2.45) is 0 Å². The third-order valence-electron chi connectivity index (χ3n) is 9.82. The maximum Gasteiger partial charge on any atom is 0.227 e. The van der Waals surface area contributed by atoms with Gasteiger partial charge >= 0.3 is 0 Å². The van der Waals surface area contributed by atoms with Crippen LogP contribution in [0.3, 0.4) is 0 Å². The van der Waals surface area contributed by atoms with Crippen LogP contribution < -0.4 is 4.90 Å². The van der Waals surface area contributed by atoms with Crippen molar-refractivity contribution in [3.05, 3.63) is 182 Å². The molecule has 0 aliphatic heterocycles. The molecule has 0 fully saturated rings. The third-order valence-corrected chi connectivity index (χ3v) is 9.82. The van der Waals surface area contributed by atoms with Gasteiger partial charge in [-0.2, -0.15) is 0 Å². The lowest BCUT2D eigenvalue weighted by atomic mass is 10.0. The summed E-state index contributed by atoms with van der Waals surface area (Å²) in [6.07, 6.45) is 5.57. The first-order valence-corrected chi connectivity index (χ1v) is 17.3. The Balaban J connectivity index is 1.02. The molecule has 0 bridgehead atoms. The molecule has 0 amide bonds. The smallest absolute Gasteiger partial charge is 0.227 e. The van der Waals surface area contributed by atoms with E-state index in [9.17, 15) is 0 Å². The maximum absolute atomic E-state index is 5.98. The predicted octanol–water partition coefficient (Wildman–Crippen LogP) is 12.5. The summed E-state index contributed by atoms with van der Waals surface area (Å²) in [5.41, 5.74) is 13.3. The number of rotatable bonds is 6. The Morgan fingerprint density at radius 3 is 1.44 bits per heavy atom. The molecule has 4 aromatic heterocycles. The van der Waals surface area contributed by atoms with Gasteiger partial charge in [0.05, 0.1) is 11.0 Å². The van der Waals surface area contributed by atoms with E-state index < -0.39 is 0 Å². The van der Waals surface area contributed by atoms with Crippen LogP contribution in [0.5, 0.6) is 0 Å². The molecule has 0 saturated heterocycles. The van der Waals surface area contributed by atoms with Gasteiger partial charge in [-0.25, -0.2) is 4.98 Å². The topological polar surface area (TPSA) is 55.1 Å². The van der Waals surface area contributed by atoms with Crippen molar-refractivity contribution in [2.45, 2.75) is 0 Å². The number of para-hydroxylation sites is 1. The van der Waals surface area contributed by atoms with Crippen LogP contribution in [0.2, 0.25) is 0 Å². The number of hydrogen-bond donors (Lipinski definition) is 0. The van der Waals surface area contributed by atoms with Crippen LogP contribution in [0.1, 0.15) is 0 Å². The minimum atomic E-state index is 0.652. The molecule has 10 aromatic rings. The van der Waals surface area contributed by atoms with Crippen LogP contribution in [0.25, 0.3) is 77.3 Å². The van der Waals surface area contributed by atoms with E-state index in [4.69, 9.17) is 4.42 Å². The summed E-state index contributed by atoms with van der Waals surface area (Å²) in [5, 5.41) is 4.36. The average Bonchev–Trinajstić information content (AvgIpc) is 3.59. The van der Waals surface area contributed by atoms with Gasteiger partial charge < -0.3 is 9.32 Å². The predicted molar refractivity (Wildman–Crippen MR) is 213 cm³/mol. The van der Waals surface area contributed by atoms with E-state index in [0.717, 1.165) is 88.6 Å². The first-order valence-electron chi connectivity index (χ1n) is 17.3. The molecular weight excluding hydrogens is 637 g/mol. The summed E-state index contributed by atoms with van der Waals surface area (Å²) in [4.78, 5) is 16.1. The van der Waals surface area contributed by atoms with E-state index in [1.807, 2.05) is 48.9 Å². The van der Waals surface area contributed by atoms with Crippen molar-refractivity contribution in [3.8, 4) is 33.4 Å². The summed E-state index contributed by atoms with van der Waals surface area (Å²) >= 11 is 0. The van der Waals surface area contributed by atoms with Gasteiger partial charge in [-0.15, -0.1) is 0 Å². The van der Waals surface area contributed by atoms with Gasteiger partial charge in [-0.1, -0.05) is 91.0 Å². The van der Waals surface area contributed by atoms with E-state index >= 15 is 0 Å². The molecule has 6 aromatic carbocycles. The van der Waals surface area contributed by atoms with Crippen LogP contribution in [0.15, 0.2) is 187 Å². The lowest BCUT2D eigenvalue weighted by molar-refractivity contribution is 0.654. The summed E-state index contributed by atoms with van der Waals surface area (Å²) in [7, 11) is 0. The molecule has 5 heteroatoms. The van der Waals surface area contributed by atoms with Crippen molar-refractivity contribution in [2.75, 3.05) is 4.90 Å². The number of fused-ring (bicyclic) bond motifs is 5. The summed E-state index contributed by atoms with van der Waals surface area (Å²) < 4.78 is 5.98. The molecule has 0 unspecified atom stereocenters. The molecule has 0 N–H and O–H groups in total. The molecule has 0 saturated carbocycles. The molecule has 0 atom stereocenters. The molecular formula is C47H30N4O. The first-order chi connectivity index (χ1) is 25.7. The van der Waals surface area contributed by atoms with Crippen LogP contribution >= 0.6 is 0 Å². The zero-order valence-electron chi connectivity index (χ0n) is 28.0. The normalized spacial score (nSPS) is 11.5. The third kappa shape index (κ3) is 5.32. The molecule has 4 heterocycles. The lowest BCUT2D eigenvalue weighted by Crippen LogP contribution is -2.09. The SMILES string of the molecule is c1cnc2cc(-c3ccc(N(c4ccc(-c5ccc6cccnc6c5)cc4)c4ccc(-c5cnc6oc7ccccc7c6c5)cc4)cc3)ccc2c1. The number of hydrogen-bond acceptors (Lipinski definition) is 5. The number of anilines is 3. The Morgan fingerprint density at radius 2 is 0.885 bits per heavy atom. The van der Waals surface area contributed by atoms with Gasteiger partial charge in [0.25, 0.3) is 0 Å². The summed E-state index contributed by atoms with van der Waals surface area (Å²) in [5.74, 6) is 0. The molecule has 0 spiro atoms. The van der Waals surface area contributed by atoms with E-state index in [1.165, 1.54) is 0 Å². The second-order valence-corrected chi connectivity index (χ2v) is 13.0. The summed E-state index contributed by atoms with van der Waals surface area (Å²) in [6, 6.07) is 57.5. The number of pyridine rings is 3. The van der Waals surface area contributed by atoms with Crippen molar-refractivity contribution in [3.63, 3.8) is 0 Å². The largest absolute Gasteiger partial charge is 0.438 e. The summed E-state index contributed by atoms with van der Waals surface area (Å²) in [6.45, 7) is 0. The fourth-order valence-corrected chi connectivity index (χ4v) is 7.11. The minimum absolute atomic E-state index is 0.652. The van der Waals surface area contributed by atoms with E-state index in [-0.39, 0.29) is 0 Å². The Hall–Kier alpha value is -7.11. The number of benzene rings is 6. The first kappa shape index (κ1) is 29.8. The quantitative estimate of drug-likeness (QED) is 0.177. The number of furan rings is 1. The van der Waals surface area contributed by atoms with Crippen LogP contribution in [-0.2, 0) is 0 Å². The van der Waals surface area contributed by atoms with Crippen LogP contribution in [0.4, 0.5) is 17.1 Å². The minimum Gasteiger partial charge on any atom is -0.438 e. The number of aromatic nitrogens is 3. The second kappa shape index (κ2) is 12.3. The van der Waals surface area contributed by atoms with Gasteiger partial charge in [0.1, 0.15) is 5.58 Å². The molecule has 0 aliphatic rings. The molecule has 10 rings (SSSR count). The standard InChI is InChI=1S/C47H30N4O/c1-2-8-46-42(7-1)43-27-38(30-50-47(43)52-46)33-17-23-41(24-18-33)51(39-19-13-31(14-20-39)36-11-9-34-5-3-25-48-44(34)28-36)40-21-15-32(16-22-40)37-12-10-35-6-4-26-49-45(35)29-37/h1-30H. The Kier molecular flexibility index (Phi) is 7.07. The Morgan fingerprint density at radius 1 is 0.385 bits per heavy atom. The van der Waals surface area contributed by atoms with Crippen molar-refractivity contribution in [1.82, 2.24) is 15.0 Å². The fraction of sp³-hybridized carbons (Fsp3) is 0. The van der Waals surface area contributed by atoms with Gasteiger partial charge in [-0.05, 0) is 101 Å². The maximum atomic E-state index is 5.98. The van der Waals surface area contributed by atoms with E-state index in [0.29, 0.717) is 5.71 Å². The van der Waals surface area contributed by atoms with Gasteiger partial charge in [0.15, 0.2) is 0 Å². The van der Waals surface area contributed by atoms with E-state index in [2.05, 4.69) is 153 Å². The van der Waals surface area contributed by atoms with Gasteiger partial charge in [-0.3, -0.25) is 9.97 Å². The van der Waals surface area contributed by atoms with Crippen molar-refractivity contribution < 1.29 is 4.42 Å².